The number of allylic oxidation sites excluding steroid dienone is 4. The molecule has 6 unspecified atom stereocenters. The molecule has 13 atom stereocenters. The summed E-state index contributed by atoms with van der Waals surface area (Å²) >= 11 is 0. The number of rotatable bonds is 8. The lowest BCUT2D eigenvalue weighted by Gasteiger charge is -2.57. The fourth-order valence-electron chi connectivity index (χ4n) is 12.2. The van der Waals surface area contributed by atoms with Gasteiger partial charge >= 0.3 is 5.97 Å². The summed E-state index contributed by atoms with van der Waals surface area (Å²) < 4.78 is 12.7. The zero-order chi connectivity index (χ0) is 41.3. The van der Waals surface area contributed by atoms with E-state index in [4.69, 9.17) is 14.3 Å². The third-order valence-electron chi connectivity index (χ3n) is 15.2. The number of Topliss-reactive ketones (excluding diaryl/α,β-unsaturated/α-hetero) is 1. The Labute approximate surface area is 337 Å². The molecule has 1 heterocycles. The van der Waals surface area contributed by atoms with Crippen LogP contribution < -0.4 is 0 Å². The Morgan fingerprint density at radius 1 is 1.04 bits per heavy atom. The van der Waals surface area contributed by atoms with E-state index in [-0.39, 0.29) is 59.6 Å². The van der Waals surface area contributed by atoms with E-state index in [0.717, 1.165) is 42.4 Å². The molecule has 5 aliphatic rings. The average molecular weight is 780 g/mol. The van der Waals surface area contributed by atoms with E-state index in [2.05, 4.69) is 78.8 Å². The highest BCUT2D eigenvalue weighted by molar-refractivity contribution is 6.26. The highest BCUT2D eigenvalue weighted by Gasteiger charge is 2.67. The fourth-order valence-corrected chi connectivity index (χ4v) is 12.2. The molecule has 9 heteroatoms. The van der Waals surface area contributed by atoms with Gasteiger partial charge in [0.1, 0.15) is 17.9 Å². The number of ether oxygens (including phenoxy) is 2. The van der Waals surface area contributed by atoms with Crippen molar-refractivity contribution in [3.63, 3.8) is 0 Å². The maximum absolute atomic E-state index is 15.5. The Morgan fingerprint density at radius 2 is 1.75 bits per heavy atom. The number of aliphatic hydroxyl groups is 3. The van der Waals surface area contributed by atoms with Crippen LogP contribution in [0, 0.1) is 58.2 Å². The molecule has 9 nitrogen and oxygen atoms in total. The molecule has 0 aromatic heterocycles. The monoisotopic (exact) mass is 780 g/mol. The van der Waals surface area contributed by atoms with Crippen molar-refractivity contribution in [2.45, 2.75) is 151 Å². The number of fused-ring (bicyclic) bond motifs is 4. The van der Waals surface area contributed by atoms with Crippen molar-refractivity contribution in [1.29, 1.82) is 0 Å². The van der Waals surface area contributed by atoms with Gasteiger partial charge in [0.05, 0.1) is 17.9 Å². The van der Waals surface area contributed by atoms with E-state index < -0.39 is 46.1 Å². The van der Waals surface area contributed by atoms with Crippen molar-refractivity contribution < 1.29 is 39.2 Å². The smallest absolute Gasteiger partial charge is 0.346 e. The van der Waals surface area contributed by atoms with Gasteiger partial charge in [0, 0.05) is 61.1 Å². The van der Waals surface area contributed by atoms with Crippen LogP contribution in [-0.2, 0) is 23.9 Å². The van der Waals surface area contributed by atoms with Gasteiger partial charge in [-0.15, -0.1) is 0 Å². The van der Waals surface area contributed by atoms with Crippen LogP contribution in [0.1, 0.15) is 133 Å². The van der Waals surface area contributed by atoms with E-state index in [1.54, 1.807) is 7.11 Å². The number of hydrogen-bond donors (Lipinski definition) is 3. The topological polar surface area (TPSA) is 135 Å². The molecule has 0 radical (unpaired) electrons. The minimum absolute atomic E-state index is 0.00442. The summed E-state index contributed by atoms with van der Waals surface area (Å²) in [4.78, 5) is 35.9. The molecule has 1 aliphatic heterocycles. The molecule has 1 saturated heterocycles. The van der Waals surface area contributed by atoms with Gasteiger partial charge in [-0.3, -0.25) is 4.79 Å². The first-order valence-electron chi connectivity index (χ1n) is 21.8. The van der Waals surface area contributed by atoms with Crippen LogP contribution >= 0.6 is 0 Å². The van der Waals surface area contributed by atoms with E-state index in [1.165, 1.54) is 0 Å². The van der Waals surface area contributed by atoms with Crippen LogP contribution in [0.3, 0.4) is 0 Å². The van der Waals surface area contributed by atoms with Crippen LogP contribution in [0.2, 0.25) is 0 Å². The minimum Gasteiger partial charge on any atom is -0.511 e. The number of esters is 1. The number of oxime groups is 1. The lowest BCUT2D eigenvalue weighted by atomic mass is 9.46. The first-order chi connectivity index (χ1) is 26.5. The maximum Gasteiger partial charge on any atom is 0.346 e. The molecule has 3 N–H and O–H groups in total. The molecule has 1 saturated carbocycles. The maximum atomic E-state index is 15.5. The second-order valence-electron chi connectivity index (χ2n) is 18.7. The Kier molecular flexibility index (Phi) is 14.0. The third-order valence-corrected chi connectivity index (χ3v) is 15.2. The molecule has 5 rings (SSSR count). The number of carbonyl (C=O) groups is 2. The van der Waals surface area contributed by atoms with Gasteiger partial charge < -0.3 is 29.6 Å². The van der Waals surface area contributed by atoms with Gasteiger partial charge in [-0.05, 0) is 76.0 Å². The largest absolute Gasteiger partial charge is 0.511 e. The molecule has 2 fully saturated rings. The van der Waals surface area contributed by atoms with Gasteiger partial charge in [0.15, 0.2) is 5.60 Å². The van der Waals surface area contributed by atoms with Crippen molar-refractivity contribution in [2.24, 2.45) is 63.3 Å². The number of ketones is 1. The standard InChI is InChI=1S/C47H73NO8/c1-12-15-19-55-48-36-23-37(50)35-21-28(5)39-34(13-2)22-33(26-49)20-29(6)41(54-11)27(4)17-16-18-45(10)24-30(7)31(8)25-47(45)43(52)38(44(53)56-47)42(51)46(39,14-3)40(35)32(36)9/h21-22,24,27,29,31-33,35,37,39-41,49-51H,12-20,23,25-26H2,1-11H3/b34-22+,42-38?,48-36-/t27?,29-,31-,32?,33-,35?,37+,39+,40?,41-,45-,46?,47?/m1/s1. The second kappa shape index (κ2) is 17.6. The highest BCUT2D eigenvalue weighted by Crippen LogP contribution is 2.63. The Bertz CT molecular complexity index is 1620. The zero-order valence-corrected chi connectivity index (χ0v) is 36.3. The summed E-state index contributed by atoms with van der Waals surface area (Å²) in [5.74, 6) is -2.81. The number of carbonyl (C=O) groups excluding carboxylic acids is 2. The second-order valence-corrected chi connectivity index (χ2v) is 18.7. The third kappa shape index (κ3) is 7.51. The predicted molar refractivity (Wildman–Crippen MR) is 221 cm³/mol. The molecule has 4 aliphatic carbocycles. The summed E-state index contributed by atoms with van der Waals surface area (Å²) in [5, 5.41) is 40.7. The SMILES string of the molecule is CCCCO/N=C1/C[C@H](O)C2C=C(C)[C@H]3/C(CC)=C/[C@H](CO)C[C@@H](C)[C@H](OC)C(C)CCC[C@]4(C)C=C(C)[C@H](C)CC45OC(=O)C(=C(O)C3(CC)C2C1C)C5=O. The van der Waals surface area contributed by atoms with E-state index >= 15 is 4.79 Å². The Hall–Kier alpha value is -2.75. The summed E-state index contributed by atoms with van der Waals surface area (Å²) in [6.45, 7) is 21.4. The minimum atomic E-state index is -1.47. The van der Waals surface area contributed by atoms with Crippen molar-refractivity contribution in [1.82, 2.24) is 0 Å². The predicted octanol–water partition coefficient (Wildman–Crippen LogP) is 9.24. The van der Waals surface area contributed by atoms with Crippen LogP contribution in [-0.4, -0.2) is 70.9 Å². The fraction of sp³-hybridized carbons (Fsp3) is 0.766. The molecular formula is C47H73NO8. The summed E-state index contributed by atoms with van der Waals surface area (Å²) in [7, 11) is 1.77. The number of aliphatic hydroxyl groups excluding tert-OH is 3. The molecule has 56 heavy (non-hydrogen) atoms. The first kappa shape index (κ1) is 44.4. The molecule has 1 spiro atoms. The summed E-state index contributed by atoms with van der Waals surface area (Å²) in [6.07, 6.45) is 12.1. The normalized spacial score (nSPS) is 42.7. The Balaban J connectivity index is 1.84. The lowest BCUT2D eigenvalue weighted by Crippen LogP contribution is -2.57. The van der Waals surface area contributed by atoms with E-state index in [0.29, 0.717) is 50.8 Å². The molecule has 0 aromatic rings. The molecule has 314 valence electrons. The number of nitrogens with zero attached hydrogens (tertiary/aromatic N) is 1. The van der Waals surface area contributed by atoms with E-state index in [1.807, 2.05) is 13.8 Å². The number of methoxy groups -OCH3 is 1. The van der Waals surface area contributed by atoms with Gasteiger partial charge in [0.2, 0.25) is 5.78 Å². The average Bonchev–Trinajstić information content (AvgIpc) is 3.41. The van der Waals surface area contributed by atoms with Crippen molar-refractivity contribution >= 4 is 17.5 Å². The molecular weight excluding hydrogens is 707 g/mol. The van der Waals surface area contributed by atoms with Crippen molar-refractivity contribution in [3.8, 4) is 0 Å². The van der Waals surface area contributed by atoms with E-state index in [9.17, 15) is 20.1 Å². The van der Waals surface area contributed by atoms with Gasteiger partial charge in [-0.25, -0.2) is 4.79 Å². The van der Waals surface area contributed by atoms with Crippen LogP contribution in [0.4, 0.5) is 0 Å². The molecule has 0 aromatic carbocycles. The molecule has 0 amide bonds. The van der Waals surface area contributed by atoms with Crippen molar-refractivity contribution in [2.75, 3.05) is 20.3 Å². The number of hydrogen-bond acceptors (Lipinski definition) is 9. The summed E-state index contributed by atoms with van der Waals surface area (Å²) in [6, 6.07) is 0. The highest BCUT2D eigenvalue weighted by atomic mass is 16.6. The molecule has 2 bridgehead atoms. The first-order valence-corrected chi connectivity index (χ1v) is 21.8. The van der Waals surface area contributed by atoms with Crippen LogP contribution in [0.25, 0.3) is 0 Å². The van der Waals surface area contributed by atoms with Crippen molar-refractivity contribution in [3.05, 3.63) is 46.3 Å². The lowest BCUT2D eigenvalue weighted by molar-refractivity contribution is -0.166. The summed E-state index contributed by atoms with van der Waals surface area (Å²) in [5.41, 5.74) is 0.154. The Morgan fingerprint density at radius 3 is 2.38 bits per heavy atom. The number of unbranched alkanes of at least 4 members (excludes halogenated alkanes) is 1. The zero-order valence-electron chi connectivity index (χ0n) is 36.3. The quantitative estimate of drug-likeness (QED) is 0.0730. The van der Waals surface area contributed by atoms with Crippen LogP contribution in [0.5, 0.6) is 0 Å². The van der Waals surface area contributed by atoms with Gasteiger partial charge in [-0.2, -0.15) is 0 Å². The van der Waals surface area contributed by atoms with Gasteiger partial charge in [-0.1, -0.05) is 108 Å². The van der Waals surface area contributed by atoms with Gasteiger partial charge in [0.25, 0.3) is 0 Å². The van der Waals surface area contributed by atoms with Crippen LogP contribution in [0.15, 0.2) is 51.4 Å².